The summed E-state index contributed by atoms with van der Waals surface area (Å²) in [5.41, 5.74) is 1.69. The molecule has 3 rings (SSSR count). The topological polar surface area (TPSA) is 58.6 Å². The van der Waals surface area contributed by atoms with E-state index >= 15 is 0 Å². The molecular formula is C19H20Cl2N2O3S. The van der Waals surface area contributed by atoms with Gasteiger partial charge in [0, 0.05) is 23.0 Å². The summed E-state index contributed by atoms with van der Waals surface area (Å²) in [6.07, 6.45) is 0.752. The van der Waals surface area contributed by atoms with Gasteiger partial charge >= 0.3 is 5.97 Å². The van der Waals surface area contributed by atoms with Gasteiger partial charge in [-0.2, -0.15) is 0 Å². The van der Waals surface area contributed by atoms with Crippen LogP contribution in [0, 0.1) is 0 Å². The molecule has 1 amide bonds. The highest BCUT2D eigenvalue weighted by Crippen LogP contribution is 2.38. The Hall–Kier alpha value is -1.60. The molecule has 0 aliphatic carbocycles. The van der Waals surface area contributed by atoms with E-state index in [1.54, 1.807) is 19.1 Å². The molecule has 8 heteroatoms. The number of nitrogens with one attached hydrogen (secondary N) is 1. The van der Waals surface area contributed by atoms with Gasteiger partial charge in [0.2, 0.25) is 0 Å². The second-order valence-electron chi connectivity index (χ2n) is 6.13. The molecule has 1 aromatic carbocycles. The first-order chi connectivity index (χ1) is 12.9. The minimum Gasteiger partial charge on any atom is -0.462 e. The van der Waals surface area contributed by atoms with Crippen LogP contribution in [-0.2, 0) is 17.7 Å². The lowest BCUT2D eigenvalue weighted by molar-refractivity contribution is 0.0526. The Morgan fingerprint density at radius 3 is 2.78 bits per heavy atom. The number of ether oxygens (including phenoxy) is 1. The van der Waals surface area contributed by atoms with Crippen molar-refractivity contribution in [2.45, 2.75) is 26.8 Å². The fraction of sp³-hybridized carbons (Fsp3) is 0.368. The first-order valence-corrected chi connectivity index (χ1v) is 10.3. The maximum absolute atomic E-state index is 12.7. The van der Waals surface area contributed by atoms with Gasteiger partial charge in [-0.15, -0.1) is 11.3 Å². The van der Waals surface area contributed by atoms with Crippen LogP contribution >= 0.6 is 34.5 Å². The molecule has 1 aliphatic heterocycles. The minimum atomic E-state index is -0.410. The zero-order valence-electron chi connectivity index (χ0n) is 15.1. The van der Waals surface area contributed by atoms with Crippen LogP contribution in [0.3, 0.4) is 0 Å². The minimum absolute atomic E-state index is 0.264. The molecule has 0 spiro atoms. The van der Waals surface area contributed by atoms with Crippen LogP contribution in [0.1, 0.15) is 45.0 Å². The molecule has 0 atom stereocenters. The molecule has 2 heterocycles. The highest BCUT2D eigenvalue weighted by Gasteiger charge is 2.29. The van der Waals surface area contributed by atoms with Crippen molar-refractivity contribution in [2.24, 2.45) is 0 Å². The van der Waals surface area contributed by atoms with Crippen LogP contribution in [0.2, 0.25) is 10.0 Å². The number of nitrogens with zero attached hydrogens (tertiary/aromatic N) is 1. The number of amides is 1. The van der Waals surface area contributed by atoms with Crippen LogP contribution in [0.4, 0.5) is 5.00 Å². The van der Waals surface area contributed by atoms with Crippen molar-refractivity contribution in [2.75, 3.05) is 25.0 Å². The third-order valence-electron chi connectivity index (χ3n) is 4.46. The van der Waals surface area contributed by atoms with Crippen LogP contribution in [-0.4, -0.2) is 36.5 Å². The number of benzene rings is 1. The maximum atomic E-state index is 12.7. The van der Waals surface area contributed by atoms with E-state index in [9.17, 15) is 9.59 Å². The molecule has 5 nitrogen and oxygen atoms in total. The van der Waals surface area contributed by atoms with Crippen LogP contribution in [0.15, 0.2) is 18.2 Å². The van der Waals surface area contributed by atoms with Gasteiger partial charge in [0.15, 0.2) is 0 Å². The molecule has 0 radical (unpaired) electrons. The summed E-state index contributed by atoms with van der Waals surface area (Å²) in [5.74, 6) is -0.813. The Kier molecular flexibility index (Phi) is 6.42. The fourth-order valence-electron chi connectivity index (χ4n) is 3.08. The van der Waals surface area contributed by atoms with E-state index < -0.39 is 11.9 Å². The molecule has 1 aromatic heterocycles. The Balaban J connectivity index is 1.96. The molecule has 0 fully saturated rings. The predicted molar refractivity (Wildman–Crippen MR) is 109 cm³/mol. The summed E-state index contributed by atoms with van der Waals surface area (Å²) in [6.45, 7) is 6.72. The molecule has 27 heavy (non-hydrogen) atoms. The van der Waals surface area contributed by atoms with Gasteiger partial charge in [-0.1, -0.05) is 30.1 Å². The molecule has 0 saturated heterocycles. The number of rotatable bonds is 5. The van der Waals surface area contributed by atoms with Crippen molar-refractivity contribution < 1.29 is 14.3 Å². The van der Waals surface area contributed by atoms with Gasteiger partial charge in [0.1, 0.15) is 5.00 Å². The van der Waals surface area contributed by atoms with Gasteiger partial charge < -0.3 is 10.1 Å². The van der Waals surface area contributed by atoms with Crippen molar-refractivity contribution >= 4 is 51.4 Å². The van der Waals surface area contributed by atoms with Crippen molar-refractivity contribution in [1.82, 2.24) is 4.90 Å². The van der Waals surface area contributed by atoms with Crippen molar-refractivity contribution in [3.8, 4) is 0 Å². The number of anilines is 1. The number of halogens is 2. The van der Waals surface area contributed by atoms with Crippen LogP contribution < -0.4 is 5.32 Å². The van der Waals surface area contributed by atoms with Crippen LogP contribution in [0.25, 0.3) is 0 Å². The zero-order chi connectivity index (χ0) is 19.6. The Labute approximate surface area is 172 Å². The number of carbonyl (C=O) groups is 2. The third-order valence-corrected chi connectivity index (χ3v) is 6.16. The summed E-state index contributed by atoms with van der Waals surface area (Å²) in [6, 6.07) is 4.70. The van der Waals surface area contributed by atoms with E-state index in [-0.39, 0.29) is 12.2 Å². The maximum Gasteiger partial charge on any atom is 0.341 e. The summed E-state index contributed by atoms with van der Waals surface area (Å²) < 4.78 is 5.23. The molecule has 1 aliphatic rings. The van der Waals surface area contributed by atoms with Crippen molar-refractivity contribution in [3.05, 3.63) is 49.8 Å². The summed E-state index contributed by atoms with van der Waals surface area (Å²) in [5, 5.41) is 4.05. The smallest absolute Gasteiger partial charge is 0.341 e. The number of hydrogen-bond acceptors (Lipinski definition) is 5. The van der Waals surface area contributed by atoms with E-state index in [2.05, 4.69) is 17.1 Å². The Morgan fingerprint density at radius 1 is 1.30 bits per heavy atom. The van der Waals surface area contributed by atoms with Crippen LogP contribution in [0.5, 0.6) is 0 Å². The molecule has 1 N–H and O–H groups in total. The summed E-state index contributed by atoms with van der Waals surface area (Å²) >= 11 is 13.5. The van der Waals surface area contributed by atoms with Gasteiger partial charge in [0.25, 0.3) is 5.91 Å². The average Bonchev–Trinajstić information content (AvgIpc) is 3.00. The van der Waals surface area contributed by atoms with E-state index in [4.69, 9.17) is 27.9 Å². The van der Waals surface area contributed by atoms with Gasteiger partial charge in [-0.3, -0.25) is 9.69 Å². The molecule has 144 valence electrons. The third kappa shape index (κ3) is 4.29. The lowest BCUT2D eigenvalue weighted by atomic mass is 10.0. The van der Waals surface area contributed by atoms with E-state index in [1.165, 1.54) is 17.4 Å². The number of hydrogen-bond donors (Lipinski definition) is 1. The lowest BCUT2D eigenvalue weighted by Crippen LogP contribution is -2.30. The largest absolute Gasteiger partial charge is 0.462 e. The normalized spacial score (nSPS) is 13.9. The number of esters is 1. The van der Waals surface area contributed by atoms with Crippen molar-refractivity contribution in [3.63, 3.8) is 0 Å². The molecule has 0 unspecified atom stereocenters. The molecule has 2 aromatic rings. The Morgan fingerprint density at radius 2 is 2.07 bits per heavy atom. The van der Waals surface area contributed by atoms with Gasteiger partial charge in [0.05, 0.1) is 22.8 Å². The van der Waals surface area contributed by atoms with Crippen molar-refractivity contribution in [1.29, 1.82) is 0 Å². The van der Waals surface area contributed by atoms with Gasteiger partial charge in [-0.05, 0) is 43.7 Å². The highest BCUT2D eigenvalue weighted by atomic mass is 35.5. The monoisotopic (exact) mass is 426 g/mol. The number of likely N-dealkylation sites (N-methyl/N-ethyl adjacent to an activating group) is 1. The fourth-order valence-corrected chi connectivity index (χ4v) is 4.72. The number of thiophene rings is 1. The van der Waals surface area contributed by atoms with E-state index in [1.807, 2.05) is 0 Å². The second kappa shape index (κ2) is 8.61. The van der Waals surface area contributed by atoms with Gasteiger partial charge in [-0.25, -0.2) is 4.79 Å². The summed E-state index contributed by atoms with van der Waals surface area (Å²) in [4.78, 5) is 28.7. The Bertz CT molecular complexity index is 882. The first kappa shape index (κ1) is 20.1. The standard InChI is InChI=1S/C19H20Cl2N2O3S/c1-3-23-8-7-12-15(10-23)27-18(16(12)19(25)26-4-2)22-17(24)13-9-11(20)5-6-14(13)21/h5-6,9H,3-4,7-8,10H2,1-2H3,(H,22,24). The average molecular weight is 427 g/mol. The highest BCUT2D eigenvalue weighted by molar-refractivity contribution is 7.17. The summed E-state index contributed by atoms with van der Waals surface area (Å²) in [7, 11) is 0. The predicted octanol–water partition coefficient (Wildman–Crippen LogP) is 4.86. The quantitative estimate of drug-likeness (QED) is 0.693. The number of fused-ring (bicyclic) bond motifs is 1. The first-order valence-electron chi connectivity index (χ1n) is 8.75. The second-order valence-corrected chi connectivity index (χ2v) is 8.07. The number of carbonyl (C=O) groups excluding carboxylic acids is 2. The van der Waals surface area contributed by atoms with E-state index in [0.29, 0.717) is 20.6 Å². The van der Waals surface area contributed by atoms with E-state index in [0.717, 1.165) is 36.5 Å². The molecule has 0 saturated carbocycles. The lowest BCUT2D eigenvalue weighted by Gasteiger charge is -2.25. The SMILES string of the molecule is CCOC(=O)c1c(NC(=O)c2cc(Cl)ccc2Cl)sc2c1CCN(CC)C2. The molecular weight excluding hydrogens is 407 g/mol. The zero-order valence-corrected chi connectivity index (χ0v) is 17.4. The molecule has 0 bridgehead atoms.